The van der Waals surface area contributed by atoms with E-state index < -0.39 is 0 Å². The average molecular weight is 359 g/mol. The number of nitrogens with zero attached hydrogens (tertiary/aromatic N) is 1. The maximum Gasteiger partial charge on any atom is 0.137 e. The van der Waals surface area contributed by atoms with Crippen LogP contribution >= 0.6 is 22.9 Å². The van der Waals surface area contributed by atoms with Gasteiger partial charge >= 0.3 is 0 Å². The maximum absolute atomic E-state index is 6.31. The molecule has 0 saturated carbocycles. The van der Waals surface area contributed by atoms with Crippen molar-refractivity contribution in [3.63, 3.8) is 0 Å². The van der Waals surface area contributed by atoms with Crippen LogP contribution in [0.15, 0.2) is 42.5 Å². The third-order valence-electron chi connectivity index (χ3n) is 3.74. The summed E-state index contributed by atoms with van der Waals surface area (Å²) in [6, 6.07) is 14.0. The Morgan fingerprint density at radius 3 is 2.46 bits per heavy atom. The quantitative estimate of drug-likeness (QED) is 0.673. The van der Waals surface area contributed by atoms with Crippen molar-refractivity contribution in [1.29, 1.82) is 0 Å². The first-order valence-electron chi connectivity index (χ1n) is 7.82. The molecule has 2 aromatic carbocycles. The summed E-state index contributed by atoms with van der Waals surface area (Å²) in [5.74, 6) is 0.702. The van der Waals surface area contributed by atoms with Crippen LogP contribution in [0, 0.1) is 6.92 Å². The second kappa shape index (κ2) is 7.34. The molecule has 3 nitrogen and oxygen atoms in total. The van der Waals surface area contributed by atoms with Crippen LogP contribution in [0.1, 0.15) is 17.4 Å². The minimum atomic E-state index is 0.549. The van der Waals surface area contributed by atoms with Gasteiger partial charge in [0, 0.05) is 22.5 Å². The lowest BCUT2D eigenvalue weighted by Gasteiger charge is -2.07. The minimum Gasteiger partial charge on any atom is -0.492 e. The summed E-state index contributed by atoms with van der Waals surface area (Å²) in [7, 11) is 0. The topological polar surface area (TPSA) is 48.1 Å². The fourth-order valence-corrected chi connectivity index (χ4v) is 3.67. The monoisotopic (exact) mass is 358 g/mol. The van der Waals surface area contributed by atoms with Gasteiger partial charge in [0.15, 0.2) is 0 Å². The Kier molecular flexibility index (Phi) is 5.19. The third kappa shape index (κ3) is 3.46. The summed E-state index contributed by atoms with van der Waals surface area (Å²) in [4.78, 5) is 5.97. The second-order valence-corrected chi connectivity index (χ2v) is 7.01. The van der Waals surface area contributed by atoms with Gasteiger partial charge in [0.05, 0.1) is 17.3 Å². The van der Waals surface area contributed by atoms with E-state index in [1.807, 2.05) is 37.3 Å². The van der Waals surface area contributed by atoms with E-state index in [1.54, 1.807) is 11.3 Å². The van der Waals surface area contributed by atoms with E-state index in [0.29, 0.717) is 23.9 Å². The van der Waals surface area contributed by atoms with Gasteiger partial charge in [-0.2, -0.15) is 0 Å². The van der Waals surface area contributed by atoms with Gasteiger partial charge in [-0.05, 0) is 37.6 Å². The molecule has 0 radical (unpaired) electrons. The first-order chi connectivity index (χ1) is 11.6. The largest absolute Gasteiger partial charge is 0.492 e. The number of ether oxygens (including phenoxy) is 1. The highest BCUT2D eigenvalue weighted by Crippen LogP contribution is 2.36. The lowest BCUT2D eigenvalue weighted by Crippen LogP contribution is -1.95. The van der Waals surface area contributed by atoms with Crippen molar-refractivity contribution in [2.45, 2.75) is 20.4 Å². The molecule has 2 N–H and O–H groups in total. The lowest BCUT2D eigenvalue weighted by molar-refractivity contribution is 0.340. The molecular weight excluding hydrogens is 340 g/mol. The van der Waals surface area contributed by atoms with Crippen molar-refractivity contribution < 1.29 is 4.74 Å². The Labute approximate surface area is 151 Å². The van der Waals surface area contributed by atoms with E-state index in [4.69, 9.17) is 27.1 Å². The highest BCUT2D eigenvalue weighted by Gasteiger charge is 2.13. The van der Waals surface area contributed by atoms with E-state index in [1.165, 1.54) is 0 Å². The number of aromatic nitrogens is 1. The molecule has 1 aromatic heterocycles. The molecule has 124 valence electrons. The number of nitrogens with two attached hydrogens (primary N) is 1. The summed E-state index contributed by atoms with van der Waals surface area (Å²) >= 11 is 7.99. The highest BCUT2D eigenvalue weighted by molar-refractivity contribution is 7.15. The molecule has 1 heterocycles. The van der Waals surface area contributed by atoms with Gasteiger partial charge in [-0.1, -0.05) is 35.9 Å². The summed E-state index contributed by atoms with van der Waals surface area (Å²) in [6.07, 6.45) is 0. The predicted octanol–water partition coefficient (Wildman–Crippen LogP) is 5.30. The molecule has 0 spiro atoms. The molecule has 0 saturated heterocycles. The zero-order chi connectivity index (χ0) is 17.1. The number of halogens is 1. The van der Waals surface area contributed by atoms with Gasteiger partial charge in [0.2, 0.25) is 0 Å². The Bertz CT molecular complexity index is 843. The van der Waals surface area contributed by atoms with Crippen molar-refractivity contribution in [2.24, 2.45) is 5.73 Å². The standard InChI is InChI=1S/C19H19ClN2OS/c1-3-23-17-9-8-15(10-16(17)20)18-12(2)24-19(22-18)14-6-4-13(11-21)5-7-14/h4-10H,3,11,21H2,1-2H3. The average Bonchev–Trinajstić information content (AvgIpc) is 2.99. The Balaban J connectivity index is 1.95. The van der Waals surface area contributed by atoms with Gasteiger partial charge in [-0.3, -0.25) is 0 Å². The number of thiazole rings is 1. The molecule has 0 fully saturated rings. The van der Waals surface area contributed by atoms with E-state index in [-0.39, 0.29) is 0 Å². The number of hydrogen-bond acceptors (Lipinski definition) is 4. The SMILES string of the molecule is CCOc1ccc(-c2nc(-c3ccc(CN)cc3)sc2C)cc1Cl. The fourth-order valence-electron chi connectivity index (χ4n) is 2.49. The molecule has 5 heteroatoms. The van der Waals surface area contributed by atoms with Crippen LogP contribution in [0.5, 0.6) is 5.75 Å². The molecule has 0 aliphatic carbocycles. The van der Waals surface area contributed by atoms with Gasteiger partial charge in [0.1, 0.15) is 10.8 Å². The summed E-state index contributed by atoms with van der Waals surface area (Å²) in [5, 5.41) is 1.60. The van der Waals surface area contributed by atoms with Crippen molar-refractivity contribution in [3.8, 4) is 27.6 Å². The summed E-state index contributed by atoms with van der Waals surface area (Å²) in [5.41, 5.74) is 9.83. The molecule has 0 atom stereocenters. The molecule has 24 heavy (non-hydrogen) atoms. The molecule has 0 aliphatic rings. The molecular formula is C19H19ClN2OS. The Hall–Kier alpha value is -1.88. The van der Waals surface area contributed by atoms with Crippen LogP contribution in [-0.2, 0) is 6.54 Å². The van der Waals surface area contributed by atoms with Crippen LogP contribution in [0.25, 0.3) is 21.8 Å². The van der Waals surface area contributed by atoms with Crippen molar-refractivity contribution >= 4 is 22.9 Å². The number of rotatable bonds is 5. The van der Waals surface area contributed by atoms with Crippen molar-refractivity contribution in [1.82, 2.24) is 4.98 Å². The predicted molar refractivity (Wildman–Crippen MR) is 102 cm³/mol. The highest BCUT2D eigenvalue weighted by atomic mass is 35.5. The van der Waals surface area contributed by atoms with Crippen LogP contribution in [0.2, 0.25) is 5.02 Å². The van der Waals surface area contributed by atoms with E-state index in [2.05, 4.69) is 19.1 Å². The smallest absolute Gasteiger partial charge is 0.137 e. The molecule has 0 unspecified atom stereocenters. The zero-order valence-electron chi connectivity index (χ0n) is 13.7. The van der Waals surface area contributed by atoms with Gasteiger partial charge in [-0.25, -0.2) is 4.98 Å². The van der Waals surface area contributed by atoms with Gasteiger partial charge < -0.3 is 10.5 Å². The second-order valence-electron chi connectivity index (χ2n) is 5.40. The minimum absolute atomic E-state index is 0.549. The van der Waals surface area contributed by atoms with E-state index >= 15 is 0 Å². The molecule has 0 bridgehead atoms. The van der Waals surface area contributed by atoms with Crippen molar-refractivity contribution in [3.05, 3.63) is 57.9 Å². The first-order valence-corrected chi connectivity index (χ1v) is 9.01. The van der Waals surface area contributed by atoms with Gasteiger partial charge in [-0.15, -0.1) is 11.3 Å². The maximum atomic E-state index is 6.31. The van der Waals surface area contributed by atoms with Crippen LogP contribution < -0.4 is 10.5 Å². The summed E-state index contributed by atoms with van der Waals surface area (Å²) in [6.45, 7) is 5.16. The van der Waals surface area contributed by atoms with E-state index in [9.17, 15) is 0 Å². The van der Waals surface area contributed by atoms with Crippen LogP contribution in [0.3, 0.4) is 0 Å². The van der Waals surface area contributed by atoms with Crippen LogP contribution in [-0.4, -0.2) is 11.6 Å². The third-order valence-corrected chi connectivity index (χ3v) is 5.05. The fraction of sp³-hybridized carbons (Fsp3) is 0.211. The Morgan fingerprint density at radius 2 is 1.83 bits per heavy atom. The normalized spacial score (nSPS) is 10.8. The molecule has 0 aliphatic heterocycles. The number of benzene rings is 2. The molecule has 3 aromatic rings. The Morgan fingerprint density at radius 1 is 1.12 bits per heavy atom. The van der Waals surface area contributed by atoms with E-state index in [0.717, 1.165) is 32.3 Å². The molecule has 0 amide bonds. The zero-order valence-corrected chi connectivity index (χ0v) is 15.2. The molecule has 3 rings (SSSR count). The van der Waals surface area contributed by atoms with Crippen LogP contribution in [0.4, 0.5) is 0 Å². The van der Waals surface area contributed by atoms with Gasteiger partial charge in [0.25, 0.3) is 0 Å². The van der Waals surface area contributed by atoms with Crippen molar-refractivity contribution in [2.75, 3.05) is 6.61 Å². The number of aryl methyl sites for hydroxylation is 1. The first kappa shape index (κ1) is 17.0. The summed E-state index contributed by atoms with van der Waals surface area (Å²) < 4.78 is 5.49. The number of hydrogen-bond donors (Lipinski definition) is 1. The lowest BCUT2D eigenvalue weighted by atomic mass is 10.1.